The Morgan fingerprint density at radius 1 is 1.16 bits per heavy atom. The lowest BCUT2D eigenvalue weighted by Gasteiger charge is -2.32. The van der Waals surface area contributed by atoms with Crippen LogP contribution in [0.5, 0.6) is 11.5 Å². The van der Waals surface area contributed by atoms with Gasteiger partial charge in [-0.3, -0.25) is 4.79 Å². The number of aryl methyl sites for hydroxylation is 1. The van der Waals surface area contributed by atoms with Crippen molar-refractivity contribution in [3.05, 3.63) is 76.8 Å². The van der Waals surface area contributed by atoms with Crippen LogP contribution < -0.4 is 14.8 Å². The molecule has 1 unspecified atom stereocenters. The molecule has 31 heavy (non-hydrogen) atoms. The second-order valence-corrected chi connectivity index (χ2v) is 7.85. The number of ether oxygens (including phenoxy) is 2. The maximum atomic E-state index is 12.8. The molecule has 1 aliphatic heterocycles. The van der Waals surface area contributed by atoms with E-state index in [4.69, 9.17) is 9.47 Å². The van der Waals surface area contributed by atoms with Gasteiger partial charge >= 0.3 is 0 Å². The van der Waals surface area contributed by atoms with Crippen LogP contribution in [0.4, 0.5) is 5.95 Å². The zero-order valence-corrected chi connectivity index (χ0v) is 17.6. The molecule has 2 aromatic carbocycles. The summed E-state index contributed by atoms with van der Waals surface area (Å²) in [6, 6.07) is 13.6. The topological polar surface area (TPSA) is 78.3 Å². The van der Waals surface area contributed by atoms with Crippen LogP contribution in [-0.4, -0.2) is 27.7 Å². The number of anilines is 1. The molecule has 0 bridgehead atoms. The van der Waals surface area contributed by atoms with Crippen molar-refractivity contribution in [2.45, 2.75) is 38.8 Å². The summed E-state index contributed by atoms with van der Waals surface area (Å²) in [6.07, 6.45) is 3.74. The van der Waals surface area contributed by atoms with Crippen molar-refractivity contribution in [2.75, 3.05) is 12.4 Å². The average molecular weight is 416 g/mol. The van der Waals surface area contributed by atoms with Crippen LogP contribution >= 0.6 is 0 Å². The van der Waals surface area contributed by atoms with E-state index in [1.54, 1.807) is 11.8 Å². The Labute approximate surface area is 180 Å². The third-order valence-electron chi connectivity index (χ3n) is 5.96. The number of nitrogens with one attached hydrogen (secondary N) is 1. The third kappa shape index (κ3) is 3.46. The van der Waals surface area contributed by atoms with E-state index in [2.05, 4.69) is 34.5 Å². The Balaban J connectivity index is 1.50. The van der Waals surface area contributed by atoms with Crippen LogP contribution in [0.25, 0.3) is 0 Å². The van der Waals surface area contributed by atoms with Gasteiger partial charge in [0.05, 0.1) is 7.11 Å². The standard InChI is InChI=1S/C24H24N4O3/c1-15-6-3-4-7-17(15)13-31-20-11-10-16(12-21(20)30-2)23-22-18(8-5-9-19(22)29)27-24-25-14-26-28(23)24/h3-4,6-7,10-12,14,23H,5,8-9,13H2,1-2H3,(H,25,26,27). The fourth-order valence-electron chi connectivity index (χ4n) is 4.31. The molecule has 0 fully saturated rings. The molecule has 5 rings (SSSR count). The molecule has 1 atom stereocenters. The number of fused-ring (bicyclic) bond motifs is 1. The summed E-state index contributed by atoms with van der Waals surface area (Å²) < 4.78 is 13.5. The van der Waals surface area contributed by atoms with Gasteiger partial charge in [0.1, 0.15) is 19.0 Å². The first-order chi connectivity index (χ1) is 15.2. The van der Waals surface area contributed by atoms with Gasteiger partial charge in [0, 0.05) is 17.7 Å². The number of methoxy groups -OCH3 is 1. The number of aromatic nitrogens is 3. The van der Waals surface area contributed by atoms with Gasteiger partial charge in [0.15, 0.2) is 17.3 Å². The van der Waals surface area contributed by atoms with Crippen molar-refractivity contribution in [1.82, 2.24) is 14.8 Å². The van der Waals surface area contributed by atoms with E-state index in [1.165, 1.54) is 11.9 Å². The highest BCUT2D eigenvalue weighted by molar-refractivity contribution is 5.99. The number of nitrogens with zero attached hydrogens (tertiary/aromatic N) is 3. The number of hydrogen-bond acceptors (Lipinski definition) is 6. The minimum Gasteiger partial charge on any atom is -0.493 e. The van der Waals surface area contributed by atoms with Gasteiger partial charge in [-0.1, -0.05) is 30.3 Å². The molecule has 2 heterocycles. The van der Waals surface area contributed by atoms with Gasteiger partial charge in [-0.05, 0) is 48.6 Å². The highest BCUT2D eigenvalue weighted by atomic mass is 16.5. The summed E-state index contributed by atoms with van der Waals surface area (Å²) in [4.78, 5) is 17.2. The molecule has 3 aromatic rings. The largest absolute Gasteiger partial charge is 0.493 e. The van der Waals surface area contributed by atoms with Crippen LogP contribution in [0.1, 0.15) is 42.0 Å². The molecule has 7 nitrogen and oxygen atoms in total. The van der Waals surface area contributed by atoms with E-state index in [1.807, 2.05) is 30.3 Å². The summed E-state index contributed by atoms with van der Waals surface area (Å²) >= 11 is 0. The summed E-state index contributed by atoms with van der Waals surface area (Å²) in [5.41, 5.74) is 4.93. The van der Waals surface area contributed by atoms with Gasteiger partial charge in [-0.25, -0.2) is 4.68 Å². The molecule has 158 valence electrons. The summed E-state index contributed by atoms with van der Waals surface area (Å²) in [5.74, 6) is 2.08. The van der Waals surface area contributed by atoms with Crippen LogP contribution in [0, 0.1) is 6.92 Å². The molecule has 2 aliphatic rings. The zero-order valence-electron chi connectivity index (χ0n) is 17.6. The number of rotatable bonds is 5. The van der Waals surface area contributed by atoms with Crippen molar-refractivity contribution < 1.29 is 14.3 Å². The van der Waals surface area contributed by atoms with E-state index in [0.29, 0.717) is 30.5 Å². The fraction of sp³-hybridized carbons (Fsp3) is 0.292. The van der Waals surface area contributed by atoms with E-state index in [-0.39, 0.29) is 11.8 Å². The molecule has 0 saturated carbocycles. The van der Waals surface area contributed by atoms with Crippen LogP contribution in [0.2, 0.25) is 0 Å². The predicted octanol–water partition coefficient (Wildman–Crippen LogP) is 4.20. The van der Waals surface area contributed by atoms with Crippen LogP contribution in [0.15, 0.2) is 60.1 Å². The van der Waals surface area contributed by atoms with Crippen molar-refractivity contribution in [1.29, 1.82) is 0 Å². The average Bonchev–Trinajstić information content (AvgIpc) is 3.25. The summed E-state index contributed by atoms with van der Waals surface area (Å²) in [6.45, 7) is 2.52. The number of ketones is 1. The molecular weight excluding hydrogens is 392 g/mol. The minimum absolute atomic E-state index is 0.152. The second-order valence-electron chi connectivity index (χ2n) is 7.85. The molecule has 0 amide bonds. The zero-order chi connectivity index (χ0) is 21.4. The van der Waals surface area contributed by atoms with Gasteiger partial charge in [0.2, 0.25) is 5.95 Å². The lowest BCUT2D eigenvalue weighted by Crippen LogP contribution is -2.31. The number of benzene rings is 2. The monoisotopic (exact) mass is 416 g/mol. The Hall–Kier alpha value is -3.61. The molecule has 0 spiro atoms. The van der Waals surface area contributed by atoms with E-state index in [0.717, 1.165) is 35.2 Å². The van der Waals surface area contributed by atoms with E-state index >= 15 is 0 Å². The molecule has 0 saturated heterocycles. The van der Waals surface area contributed by atoms with E-state index < -0.39 is 0 Å². The molecule has 1 aromatic heterocycles. The predicted molar refractivity (Wildman–Crippen MR) is 116 cm³/mol. The second kappa shape index (κ2) is 7.91. The maximum Gasteiger partial charge on any atom is 0.226 e. The molecule has 1 N–H and O–H groups in total. The first-order valence-electron chi connectivity index (χ1n) is 10.4. The number of hydrogen-bond donors (Lipinski definition) is 1. The normalized spacial score (nSPS) is 17.6. The first-order valence-corrected chi connectivity index (χ1v) is 10.4. The SMILES string of the molecule is COc1cc(C2C3=C(CCCC3=O)Nc3ncnn32)ccc1OCc1ccccc1C. The van der Waals surface area contributed by atoms with Gasteiger partial charge in [-0.15, -0.1) is 0 Å². The van der Waals surface area contributed by atoms with Gasteiger partial charge in [0.25, 0.3) is 0 Å². The fourth-order valence-corrected chi connectivity index (χ4v) is 4.31. The lowest BCUT2D eigenvalue weighted by molar-refractivity contribution is -0.116. The number of allylic oxidation sites excluding steroid dienone is 2. The van der Waals surface area contributed by atoms with Crippen LogP contribution in [-0.2, 0) is 11.4 Å². The summed E-state index contributed by atoms with van der Waals surface area (Å²) in [7, 11) is 1.62. The van der Waals surface area contributed by atoms with Gasteiger partial charge < -0.3 is 14.8 Å². The maximum absolute atomic E-state index is 12.8. The smallest absolute Gasteiger partial charge is 0.226 e. The number of carbonyl (C=O) groups excluding carboxylic acids is 1. The number of carbonyl (C=O) groups is 1. The minimum atomic E-state index is -0.333. The molecular formula is C24H24N4O3. The van der Waals surface area contributed by atoms with E-state index in [9.17, 15) is 4.79 Å². The molecule has 1 aliphatic carbocycles. The highest BCUT2D eigenvalue weighted by Gasteiger charge is 2.36. The van der Waals surface area contributed by atoms with Crippen molar-refractivity contribution in [2.24, 2.45) is 0 Å². The third-order valence-corrected chi connectivity index (χ3v) is 5.96. The Morgan fingerprint density at radius 3 is 2.87 bits per heavy atom. The van der Waals surface area contributed by atoms with Gasteiger partial charge in [-0.2, -0.15) is 10.1 Å². The lowest BCUT2D eigenvalue weighted by atomic mass is 9.85. The Kier molecular flexibility index (Phi) is 4.94. The molecule has 7 heteroatoms. The molecule has 0 radical (unpaired) electrons. The van der Waals surface area contributed by atoms with Crippen molar-refractivity contribution >= 4 is 11.7 Å². The number of Topliss-reactive ketones (excluding diaryl/α,β-unsaturated/α-hetero) is 1. The highest BCUT2D eigenvalue weighted by Crippen LogP contribution is 2.41. The summed E-state index contributed by atoms with van der Waals surface area (Å²) in [5, 5.41) is 7.67. The first kappa shape index (κ1) is 19.4. The quantitative estimate of drug-likeness (QED) is 0.672. The Bertz CT molecular complexity index is 1180. The van der Waals surface area contributed by atoms with Crippen molar-refractivity contribution in [3.63, 3.8) is 0 Å². The Morgan fingerprint density at radius 2 is 2.03 bits per heavy atom. The van der Waals surface area contributed by atoms with Crippen molar-refractivity contribution in [3.8, 4) is 11.5 Å². The van der Waals surface area contributed by atoms with Crippen LogP contribution in [0.3, 0.4) is 0 Å².